The maximum absolute atomic E-state index is 3.92. The second kappa shape index (κ2) is 5.90. The molecule has 0 heterocycles. The summed E-state index contributed by atoms with van der Waals surface area (Å²) in [6.07, 6.45) is 1.24. The van der Waals surface area contributed by atoms with Gasteiger partial charge in [-0.3, -0.25) is 0 Å². The summed E-state index contributed by atoms with van der Waals surface area (Å²) >= 11 is 0. The topological polar surface area (TPSA) is 12.0 Å². The molecule has 0 spiro atoms. The van der Waals surface area contributed by atoms with Crippen LogP contribution in [-0.2, 0) is 0 Å². The summed E-state index contributed by atoms with van der Waals surface area (Å²) in [5, 5.41) is 3.46. The number of hydrogen-bond acceptors (Lipinski definition) is 1. The van der Waals surface area contributed by atoms with Gasteiger partial charge in [-0.25, -0.2) is 0 Å². The first kappa shape index (κ1) is 13.0. The minimum atomic E-state index is -1.10. The zero-order valence-corrected chi connectivity index (χ0v) is 11.7. The normalized spacial score (nSPS) is 11.2. The monoisotopic (exact) mass is 233 g/mol. The molecular weight excluding hydrogens is 210 g/mol. The average molecular weight is 233 g/mol. The van der Waals surface area contributed by atoms with Gasteiger partial charge in [-0.2, -0.15) is 0 Å². The van der Waals surface area contributed by atoms with Gasteiger partial charge >= 0.3 is 0 Å². The Kier molecular flexibility index (Phi) is 4.81. The van der Waals surface area contributed by atoms with Gasteiger partial charge in [0, 0.05) is 12.2 Å². The lowest BCUT2D eigenvalue weighted by atomic mass is 10.2. The third-order valence-electron chi connectivity index (χ3n) is 2.93. The van der Waals surface area contributed by atoms with Crippen LogP contribution in [0.25, 0.3) is 0 Å². The van der Waals surface area contributed by atoms with Crippen LogP contribution in [-0.4, -0.2) is 14.6 Å². The van der Waals surface area contributed by atoms with E-state index in [0.717, 1.165) is 6.54 Å². The third-order valence-corrected chi connectivity index (χ3v) is 5.68. The molecule has 0 aliphatic carbocycles. The second-order valence-electron chi connectivity index (χ2n) is 5.09. The summed E-state index contributed by atoms with van der Waals surface area (Å²) in [6.45, 7) is 11.8. The standard InChI is InChI=1S/C14H23NSi/c1-5-16(3,4)12-6-11-15-14-9-7-13(2)8-10-14/h5,7-10,15H,1,6,11-12H2,2-4H3. The number of hydrogen-bond donors (Lipinski definition) is 1. The van der Waals surface area contributed by atoms with E-state index in [1.54, 1.807) is 0 Å². The molecule has 0 bridgehead atoms. The van der Waals surface area contributed by atoms with Crippen molar-refractivity contribution < 1.29 is 0 Å². The molecule has 88 valence electrons. The van der Waals surface area contributed by atoms with Gasteiger partial charge in [0.05, 0.1) is 8.07 Å². The predicted octanol–water partition coefficient (Wildman–Crippen LogP) is 4.23. The predicted molar refractivity (Wildman–Crippen MR) is 76.8 cm³/mol. The van der Waals surface area contributed by atoms with Crippen molar-refractivity contribution in [2.24, 2.45) is 0 Å². The van der Waals surface area contributed by atoms with E-state index in [2.05, 4.69) is 61.9 Å². The number of aryl methyl sites for hydroxylation is 1. The van der Waals surface area contributed by atoms with Gasteiger partial charge in [0.15, 0.2) is 0 Å². The molecule has 0 aromatic heterocycles. The first-order valence-corrected chi connectivity index (χ1v) is 9.26. The second-order valence-corrected chi connectivity index (χ2v) is 9.97. The highest BCUT2D eigenvalue weighted by Gasteiger charge is 2.14. The molecule has 1 rings (SSSR count). The fraction of sp³-hybridized carbons (Fsp3) is 0.429. The van der Waals surface area contributed by atoms with Crippen molar-refractivity contribution in [1.29, 1.82) is 0 Å². The maximum Gasteiger partial charge on any atom is 0.0710 e. The number of rotatable bonds is 6. The zero-order valence-electron chi connectivity index (χ0n) is 10.7. The van der Waals surface area contributed by atoms with Crippen molar-refractivity contribution in [2.75, 3.05) is 11.9 Å². The lowest BCUT2D eigenvalue weighted by Gasteiger charge is -2.17. The minimum Gasteiger partial charge on any atom is -0.385 e. The summed E-state index contributed by atoms with van der Waals surface area (Å²) < 4.78 is 0. The van der Waals surface area contributed by atoms with E-state index in [0.29, 0.717) is 0 Å². The number of benzene rings is 1. The Morgan fingerprint density at radius 3 is 2.44 bits per heavy atom. The Hall–Kier alpha value is -1.02. The van der Waals surface area contributed by atoms with Crippen LogP contribution < -0.4 is 5.32 Å². The fourth-order valence-electron chi connectivity index (χ4n) is 1.55. The molecule has 0 amide bonds. The molecule has 1 aromatic rings. The molecular formula is C14H23NSi. The molecule has 0 fully saturated rings. The number of anilines is 1. The Bertz CT molecular complexity index is 327. The van der Waals surface area contributed by atoms with Crippen LogP contribution in [0.3, 0.4) is 0 Å². The van der Waals surface area contributed by atoms with E-state index in [1.807, 2.05) is 0 Å². The van der Waals surface area contributed by atoms with Crippen LogP contribution in [0.4, 0.5) is 5.69 Å². The van der Waals surface area contributed by atoms with E-state index in [1.165, 1.54) is 23.7 Å². The van der Waals surface area contributed by atoms with Gasteiger partial charge in [-0.05, 0) is 25.5 Å². The molecule has 1 aromatic carbocycles. The van der Waals surface area contributed by atoms with Crippen molar-refractivity contribution in [3.8, 4) is 0 Å². The molecule has 0 atom stereocenters. The SMILES string of the molecule is C=C[Si](C)(C)CCCNc1ccc(C)cc1. The van der Waals surface area contributed by atoms with Crippen LogP contribution in [0, 0.1) is 6.92 Å². The number of nitrogens with one attached hydrogen (secondary N) is 1. The molecule has 0 radical (unpaired) electrons. The maximum atomic E-state index is 3.92. The van der Waals surface area contributed by atoms with Crippen LogP contribution >= 0.6 is 0 Å². The summed E-state index contributed by atoms with van der Waals surface area (Å²) in [4.78, 5) is 0. The molecule has 0 aliphatic rings. The summed E-state index contributed by atoms with van der Waals surface area (Å²) in [5.41, 5.74) is 4.72. The molecule has 16 heavy (non-hydrogen) atoms. The average Bonchev–Trinajstić information content (AvgIpc) is 2.27. The van der Waals surface area contributed by atoms with Gasteiger partial charge in [0.25, 0.3) is 0 Å². The van der Waals surface area contributed by atoms with Crippen LogP contribution in [0.5, 0.6) is 0 Å². The molecule has 0 aliphatic heterocycles. The van der Waals surface area contributed by atoms with E-state index < -0.39 is 8.07 Å². The minimum absolute atomic E-state index is 1.06. The molecule has 0 saturated carbocycles. The van der Waals surface area contributed by atoms with E-state index in [9.17, 15) is 0 Å². The van der Waals surface area contributed by atoms with Gasteiger partial charge in [0.1, 0.15) is 0 Å². The Morgan fingerprint density at radius 1 is 1.25 bits per heavy atom. The van der Waals surface area contributed by atoms with Crippen molar-refractivity contribution in [3.63, 3.8) is 0 Å². The van der Waals surface area contributed by atoms with E-state index in [-0.39, 0.29) is 0 Å². The van der Waals surface area contributed by atoms with Crippen molar-refractivity contribution in [2.45, 2.75) is 32.5 Å². The van der Waals surface area contributed by atoms with Crippen LogP contribution in [0.1, 0.15) is 12.0 Å². The summed E-state index contributed by atoms with van der Waals surface area (Å²) in [7, 11) is -1.10. The summed E-state index contributed by atoms with van der Waals surface area (Å²) in [5.74, 6) is 0. The lowest BCUT2D eigenvalue weighted by molar-refractivity contribution is 0.958. The van der Waals surface area contributed by atoms with E-state index in [4.69, 9.17) is 0 Å². The third kappa shape index (κ3) is 4.66. The first-order chi connectivity index (χ1) is 7.53. The van der Waals surface area contributed by atoms with Crippen LogP contribution in [0.15, 0.2) is 36.5 Å². The Morgan fingerprint density at radius 2 is 1.88 bits per heavy atom. The van der Waals surface area contributed by atoms with Gasteiger partial charge in [-0.15, -0.1) is 12.3 Å². The molecule has 1 N–H and O–H groups in total. The lowest BCUT2D eigenvalue weighted by Crippen LogP contribution is -2.22. The smallest absolute Gasteiger partial charge is 0.0710 e. The van der Waals surface area contributed by atoms with Crippen molar-refractivity contribution in [3.05, 3.63) is 42.1 Å². The first-order valence-electron chi connectivity index (χ1n) is 5.98. The largest absolute Gasteiger partial charge is 0.385 e. The highest BCUT2D eigenvalue weighted by atomic mass is 28.3. The van der Waals surface area contributed by atoms with Crippen molar-refractivity contribution in [1.82, 2.24) is 0 Å². The Labute approximate surface area is 101 Å². The highest BCUT2D eigenvalue weighted by Crippen LogP contribution is 2.14. The highest BCUT2D eigenvalue weighted by molar-refractivity contribution is 6.82. The molecule has 0 unspecified atom stereocenters. The molecule has 0 saturated heterocycles. The van der Waals surface area contributed by atoms with Crippen molar-refractivity contribution >= 4 is 13.8 Å². The quantitative estimate of drug-likeness (QED) is 0.573. The molecule has 2 heteroatoms. The van der Waals surface area contributed by atoms with Gasteiger partial charge in [0.2, 0.25) is 0 Å². The van der Waals surface area contributed by atoms with Gasteiger partial charge < -0.3 is 5.32 Å². The fourth-order valence-corrected chi connectivity index (χ4v) is 2.84. The summed E-state index contributed by atoms with van der Waals surface area (Å²) in [6, 6.07) is 9.89. The molecule has 1 nitrogen and oxygen atoms in total. The zero-order chi connectivity index (χ0) is 12.0. The van der Waals surface area contributed by atoms with E-state index >= 15 is 0 Å². The van der Waals surface area contributed by atoms with Crippen LogP contribution in [0.2, 0.25) is 19.1 Å². The Balaban J connectivity index is 2.26. The van der Waals surface area contributed by atoms with Gasteiger partial charge in [-0.1, -0.05) is 36.8 Å².